The van der Waals surface area contributed by atoms with E-state index in [-0.39, 0.29) is 6.04 Å². The molecule has 0 bridgehead atoms. The lowest BCUT2D eigenvalue weighted by Gasteiger charge is -2.27. The monoisotopic (exact) mass is 256 g/mol. The first kappa shape index (κ1) is 9.80. The van der Waals surface area contributed by atoms with Gasteiger partial charge in [-0.1, -0.05) is 0 Å². The first-order valence-corrected chi connectivity index (χ1v) is 5.39. The van der Waals surface area contributed by atoms with Gasteiger partial charge in [0, 0.05) is 11.0 Å². The summed E-state index contributed by atoms with van der Waals surface area (Å²) in [4.78, 5) is 0. The molecular formula is C10H13BrN2O. The molecule has 1 atom stereocenters. The third-order valence-corrected chi connectivity index (χ3v) is 2.90. The van der Waals surface area contributed by atoms with Gasteiger partial charge in [0.15, 0.2) is 0 Å². The summed E-state index contributed by atoms with van der Waals surface area (Å²) in [5, 5.41) is 3.35. The number of rotatable bonds is 1. The van der Waals surface area contributed by atoms with Gasteiger partial charge in [0.1, 0.15) is 12.4 Å². The van der Waals surface area contributed by atoms with Crippen LogP contribution in [-0.2, 0) is 0 Å². The van der Waals surface area contributed by atoms with Crippen LogP contribution in [0.4, 0.5) is 5.69 Å². The van der Waals surface area contributed by atoms with Crippen molar-refractivity contribution in [1.82, 2.24) is 0 Å². The Kier molecular flexibility index (Phi) is 2.65. The van der Waals surface area contributed by atoms with Gasteiger partial charge in [-0.3, -0.25) is 0 Å². The van der Waals surface area contributed by atoms with E-state index in [0.29, 0.717) is 13.2 Å². The van der Waals surface area contributed by atoms with E-state index < -0.39 is 0 Å². The summed E-state index contributed by atoms with van der Waals surface area (Å²) in [5.74, 6) is 0.904. The van der Waals surface area contributed by atoms with Crippen LogP contribution >= 0.6 is 15.9 Å². The fourth-order valence-corrected chi connectivity index (χ4v) is 2.20. The predicted octanol–water partition coefficient (Wildman–Crippen LogP) is 1.89. The molecule has 1 unspecified atom stereocenters. The molecule has 1 aromatic carbocycles. The van der Waals surface area contributed by atoms with E-state index in [4.69, 9.17) is 10.5 Å². The summed E-state index contributed by atoms with van der Waals surface area (Å²) >= 11 is 3.51. The van der Waals surface area contributed by atoms with Crippen molar-refractivity contribution in [2.24, 2.45) is 5.73 Å². The molecule has 0 aromatic heterocycles. The number of fused-ring (bicyclic) bond motifs is 1. The fraction of sp³-hybridized carbons (Fsp3) is 0.400. The van der Waals surface area contributed by atoms with Gasteiger partial charge < -0.3 is 15.8 Å². The number of ether oxygens (including phenoxy) is 1. The summed E-state index contributed by atoms with van der Waals surface area (Å²) in [7, 11) is 0. The van der Waals surface area contributed by atoms with Gasteiger partial charge in [0.2, 0.25) is 0 Å². The second-order valence-corrected chi connectivity index (χ2v) is 4.36. The first-order chi connectivity index (χ1) is 6.70. The Labute approximate surface area is 91.8 Å². The van der Waals surface area contributed by atoms with Crippen LogP contribution in [0, 0.1) is 6.92 Å². The van der Waals surface area contributed by atoms with E-state index in [1.165, 1.54) is 5.56 Å². The summed E-state index contributed by atoms with van der Waals surface area (Å²) in [5.41, 5.74) is 7.78. The Morgan fingerprint density at radius 1 is 1.64 bits per heavy atom. The van der Waals surface area contributed by atoms with Crippen molar-refractivity contribution in [2.45, 2.75) is 13.0 Å². The lowest BCUT2D eigenvalue weighted by atomic mass is 10.1. The van der Waals surface area contributed by atoms with Gasteiger partial charge in [0.25, 0.3) is 0 Å². The largest absolute Gasteiger partial charge is 0.489 e. The van der Waals surface area contributed by atoms with E-state index in [1.807, 2.05) is 13.0 Å². The van der Waals surface area contributed by atoms with Crippen molar-refractivity contribution in [3.8, 4) is 5.75 Å². The van der Waals surface area contributed by atoms with Crippen molar-refractivity contribution >= 4 is 21.6 Å². The van der Waals surface area contributed by atoms with Crippen LogP contribution in [0.25, 0.3) is 0 Å². The Bertz CT molecular complexity index is 354. The molecule has 0 amide bonds. The number of halogens is 1. The molecule has 76 valence electrons. The Hall–Kier alpha value is -0.740. The maximum atomic E-state index is 5.62. The summed E-state index contributed by atoms with van der Waals surface area (Å²) < 4.78 is 6.65. The minimum absolute atomic E-state index is 0.210. The van der Waals surface area contributed by atoms with Crippen LogP contribution in [-0.4, -0.2) is 19.2 Å². The second kappa shape index (κ2) is 3.79. The molecule has 14 heavy (non-hydrogen) atoms. The molecule has 1 heterocycles. The van der Waals surface area contributed by atoms with E-state index in [1.54, 1.807) is 0 Å². The van der Waals surface area contributed by atoms with Crippen molar-refractivity contribution in [3.63, 3.8) is 0 Å². The molecular weight excluding hydrogens is 244 g/mol. The van der Waals surface area contributed by atoms with Crippen molar-refractivity contribution in [3.05, 3.63) is 22.2 Å². The molecule has 3 nitrogen and oxygen atoms in total. The van der Waals surface area contributed by atoms with Gasteiger partial charge in [0.05, 0.1) is 11.7 Å². The van der Waals surface area contributed by atoms with E-state index in [0.717, 1.165) is 15.9 Å². The van der Waals surface area contributed by atoms with Crippen LogP contribution < -0.4 is 15.8 Å². The third-order valence-electron chi connectivity index (χ3n) is 2.27. The first-order valence-electron chi connectivity index (χ1n) is 4.60. The number of anilines is 1. The van der Waals surface area contributed by atoms with Crippen LogP contribution in [0.2, 0.25) is 0 Å². The molecule has 1 aromatic rings. The highest BCUT2D eigenvalue weighted by molar-refractivity contribution is 9.10. The van der Waals surface area contributed by atoms with Crippen LogP contribution in [0.15, 0.2) is 16.6 Å². The van der Waals surface area contributed by atoms with Crippen molar-refractivity contribution < 1.29 is 4.74 Å². The molecule has 0 spiro atoms. The second-order valence-electron chi connectivity index (χ2n) is 3.51. The van der Waals surface area contributed by atoms with Gasteiger partial charge in [-0.05, 0) is 40.5 Å². The smallest absolute Gasteiger partial charge is 0.143 e. The predicted molar refractivity (Wildman–Crippen MR) is 60.8 cm³/mol. The molecule has 0 saturated carbocycles. The quantitative estimate of drug-likeness (QED) is 0.807. The SMILES string of the molecule is Cc1cc(Br)c2c(c1)OCC(CN)N2. The highest BCUT2D eigenvalue weighted by Crippen LogP contribution is 2.36. The van der Waals surface area contributed by atoms with Gasteiger partial charge in [-0.15, -0.1) is 0 Å². The molecule has 3 N–H and O–H groups in total. The van der Waals surface area contributed by atoms with Crippen LogP contribution in [0.1, 0.15) is 5.56 Å². The maximum absolute atomic E-state index is 5.62. The van der Waals surface area contributed by atoms with Crippen molar-refractivity contribution in [1.29, 1.82) is 0 Å². The molecule has 0 aliphatic carbocycles. The summed E-state index contributed by atoms with van der Waals surface area (Å²) in [6.07, 6.45) is 0. The number of benzene rings is 1. The Morgan fingerprint density at radius 2 is 2.43 bits per heavy atom. The fourth-order valence-electron chi connectivity index (χ4n) is 1.53. The molecule has 0 saturated heterocycles. The number of hydrogen-bond acceptors (Lipinski definition) is 3. The average molecular weight is 257 g/mol. The van der Waals surface area contributed by atoms with Crippen LogP contribution in [0.3, 0.4) is 0 Å². The molecule has 1 aliphatic heterocycles. The minimum atomic E-state index is 0.210. The topological polar surface area (TPSA) is 47.3 Å². The lowest BCUT2D eigenvalue weighted by molar-refractivity contribution is 0.286. The van der Waals surface area contributed by atoms with Gasteiger partial charge in [-0.25, -0.2) is 0 Å². The number of nitrogens with two attached hydrogens (primary N) is 1. The Balaban J connectivity index is 2.37. The summed E-state index contributed by atoms with van der Waals surface area (Å²) in [6, 6.07) is 4.30. The molecule has 0 fully saturated rings. The zero-order chi connectivity index (χ0) is 10.1. The normalized spacial score (nSPS) is 19.5. The van der Waals surface area contributed by atoms with E-state index in [9.17, 15) is 0 Å². The van der Waals surface area contributed by atoms with E-state index >= 15 is 0 Å². The molecule has 1 aliphatic rings. The molecule has 2 rings (SSSR count). The lowest BCUT2D eigenvalue weighted by Crippen LogP contribution is -2.37. The highest BCUT2D eigenvalue weighted by Gasteiger charge is 2.19. The Morgan fingerprint density at radius 3 is 3.14 bits per heavy atom. The van der Waals surface area contributed by atoms with Crippen LogP contribution in [0.5, 0.6) is 5.75 Å². The van der Waals surface area contributed by atoms with E-state index in [2.05, 4.69) is 27.3 Å². The van der Waals surface area contributed by atoms with Crippen molar-refractivity contribution in [2.75, 3.05) is 18.5 Å². The molecule has 4 heteroatoms. The number of aryl methyl sites for hydroxylation is 1. The standard InChI is InChI=1S/C10H13BrN2O/c1-6-2-8(11)10-9(3-6)14-5-7(4-12)13-10/h2-3,7,13H,4-5,12H2,1H3. The molecule has 0 radical (unpaired) electrons. The number of hydrogen-bond donors (Lipinski definition) is 2. The third kappa shape index (κ3) is 1.72. The van der Waals surface area contributed by atoms with Gasteiger partial charge >= 0.3 is 0 Å². The minimum Gasteiger partial charge on any atom is -0.489 e. The number of nitrogens with one attached hydrogen (secondary N) is 1. The zero-order valence-electron chi connectivity index (χ0n) is 8.01. The average Bonchev–Trinajstić information content (AvgIpc) is 2.17. The zero-order valence-corrected chi connectivity index (χ0v) is 9.60. The summed E-state index contributed by atoms with van der Waals surface area (Å²) in [6.45, 7) is 3.27. The van der Waals surface area contributed by atoms with Gasteiger partial charge in [-0.2, -0.15) is 0 Å². The maximum Gasteiger partial charge on any atom is 0.143 e. The highest BCUT2D eigenvalue weighted by atomic mass is 79.9.